The minimum absolute atomic E-state index is 0.224. The summed E-state index contributed by atoms with van der Waals surface area (Å²) in [5.74, 6) is 0.224. The summed E-state index contributed by atoms with van der Waals surface area (Å²) in [4.78, 5) is 29.0. The molecule has 2 aliphatic rings. The van der Waals surface area contributed by atoms with Crippen LogP contribution in [0.4, 0.5) is 4.79 Å². The van der Waals surface area contributed by atoms with Crippen molar-refractivity contribution in [2.24, 2.45) is 5.41 Å². The molecule has 2 fully saturated rings. The van der Waals surface area contributed by atoms with Crippen molar-refractivity contribution in [3.63, 3.8) is 0 Å². The van der Waals surface area contributed by atoms with Gasteiger partial charge >= 0.3 is 6.09 Å². The molecule has 0 aliphatic carbocycles. The Hall–Kier alpha value is -1.26. The van der Waals surface area contributed by atoms with E-state index in [-0.39, 0.29) is 18.0 Å². The molecule has 1 unspecified atom stereocenters. The maximum Gasteiger partial charge on any atom is 0.410 e. The molecule has 126 valence electrons. The molecule has 2 aliphatic heterocycles. The third kappa shape index (κ3) is 3.55. The average molecular weight is 310 g/mol. The number of carbonyl (C=O) groups is 2. The van der Waals surface area contributed by atoms with Gasteiger partial charge in [-0.25, -0.2) is 4.79 Å². The molecular weight excluding hydrogens is 280 g/mol. The van der Waals surface area contributed by atoms with E-state index in [1.807, 2.05) is 25.7 Å². The van der Waals surface area contributed by atoms with E-state index in [4.69, 9.17) is 4.74 Å². The summed E-state index contributed by atoms with van der Waals surface area (Å²) < 4.78 is 5.48. The summed E-state index contributed by atoms with van der Waals surface area (Å²) in [5.41, 5.74) is -0.889. The van der Waals surface area contributed by atoms with E-state index in [9.17, 15) is 9.59 Å². The lowest BCUT2D eigenvalue weighted by Gasteiger charge is -2.48. The Labute approximate surface area is 134 Å². The second-order valence-corrected chi connectivity index (χ2v) is 7.98. The van der Waals surface area contributed by atoms with E-state index in [0.717, 1.165) is 32.2 Å². The number of carbonyl (C=O) groups excluding carboxylic acids is 2. The SMILES string of the molecule is CC(C)N1CCCC2(CCCN(C(=O)OC(C)(C)C)C2)C1=O. The highest BCUT2D eigenvalue weighted by Crippen LogP contribution is 2.40. The first-order valence-electron chi connectivity index (χ1n) is 8.44. The fourth-order valence-corrected chi connectivity index (χ4v) is 3.59. The molecule has 0 N–H and O–H groups in total. The van der Waals surface area contributed by atoms with Crippen LogP contribution in [0.1, 0.15) is 60.3 Å². The van der Waals surface area contributed by atoms with Gasteiger partial charge in [-0.15, -0.1) is 0 Å². The maximum absolute atomic E-state index is 12.9. The van der Waals surface area contributed by atoms with Crippen molar-refractivity contribution in [1.82, 2.24) is 9.80 Å². The topological polar surface area (TPSA) is 49.9 Å². The number of piperidine rings is 2. The molecule has 2 heterocycles. The fraction of sp³-hybridized carbons (Fsp3) is 0.882. The number of hydrogen-bond acceptors (Lipinski definition) is 3. The van der Waals surface area contributed by atoms with Crippen LogP contribution in [0.25, 0.3) is 0 Å². The molecule has 0 bridgehead atoms. The van der Waals surface area contributed by atoms with Crippen LogP contribution < -0.4 is 0 Å². The number of ether oxygens (including phenoxy) is 1. The Kier molecular flexibility index (Phi) is 4.73. The van der Waals surface area contributed by atoms with E-state index in [0.29, 0.717) is 13.1 Å². The van der Waals surface area contributed by atoms with Gasteiger partial charge in [0.1, 0.15) is 5.60 Å². The number of amides is 2. The first-order chi connectivity index (χ1) is 10.1. The van der Waals surface area contributed by atoms with Crippen LogP contribution in [0.3, 0.4) is 0 Å². The largest absolute Gasteiger partial charge is 0.444 e. The lowest BCUT2D eigenvalue weighted by Crippen LogP contribution is -2.58. The van der Waals surface area contributed by atoms with Crippen molar-refractivity contribution in [3.05, 3.63) is 0 Å². The summed E-state index contributed by atoms with van der Waals surface area (Å²) in [6.07, 6.45) is 3.37. The number of hydrogen-bond donors (Lipinski definition) is 0. The lowest BCUT2D eigenvalue weighted by atomic mass is 9.72. The lowest BCUT2D eigenvalue weighted by molar-refractivity contribution is -0.152. The monoisotopic (exact) mass is 310 g/mol. The predicted octanol–water partition coefficient (Wildman–Crippen LogP) is 3.03. The normalized spacial score (nSPS) is 26.7. The van der Waals surface area contributed by atoms with Crippen molar-refractivity contribution in [1.29, 1.82) is 0 Å². The van der Waals surface area contributed by atoms with Gasteiger partial charge in [0, 0.05) is 25.7 Å². The van der Waals surface area contributed by atoms with Gasteiger partial charge in [0.15, 0.2) is 0 Å². The van der Waals surface area contributed by atoms with Gasteiger partial charge in [0.05, 0.1) is 5.41 Å². The number of rotatable bonds is 1. The molecule has 1 spiro atoms. The average Bonchev–Trinajstić information content (AvgIpc) is 2.40. The smallest absolute Gasteiger partial charge is 0.410 e. The van der Waals surface area contributed by atoms with E-state index in [1.54, 1.807) is 4.90 Å². The Bertz CT molecular complexity index is 438. The molecule has 5 heteroatoms. The van der Waals surface area contributed by atoms with Crippen LogP contribution in [0, 0.1) is 5.41 Å². The zero-order valence-electron chi connectivity index (χ0n) is 14.6. The minimum Gasteiger partial charge on any atom is -0.444 e. The molecule has 0 aromatic heterocycles. The molecule has 5 nitrogen and oxygen atoms in total. The molecule has 2 amide bonds. The van der Waals surface area contributed by atoms with Crippen molar-refractivity contribution in [2.75, 3.05) is 19.6 Å². The standard InChI is InChI=1S/C17H30N2O3/c1-13(2)19-11-7-9-17(14(19)20)8-6-10-18(12-17)15(21)22-16(3,4)5/h13H,6-12H2,1-5H3. The summed E-state index contributed by atoms with van der Waals surface area (Å²) in [6, 6.07) is 0.224. The van der Waals surface area contributed by atoms with Crippen LogP contribution in [-0.2, 0) is 9.53 Å². The van der Waals surface area contributed by atoms with Gasteiger partial charge in [0.25, 0.3) is 0 Å². The van der Waals surface area contributed by atoms with Crippen molar-refractivity contribution in [2.45, 2.75) is 71.9 Å². The van der Waals surface area contributed by atoms with Gasteiger partial charge in [-0.05, 0) is 60.3 Å². The van der Waals surface area contributed by atoms with Crippen LogP contribution >= 0.6 is 0 Å². The van der Waals surface area contributed by atoms with Crippen LogP contribution in [-0.4, -0.2) is 53.1 Å². The van der Waals surface area contributed by atoms with Crippen molar-refractivity contribution >= 4 is 12.0 Å². The zero-order valence-corrected chi connectivity index (χ0v) is 14.6. The molecule has 0 aromatic carbocycles. The van der Waals surface area contributed by atoms with Crippen molar-refractivity contribution in [3.8, 4) is 0 Å². The highest BCUT2D eigenvalue weighted by atomic mass is 16.6. The molecule has 2 saturated heterocycles. The van der Waals surface area contributed by atoms with E-state index in [2.05, 4.69) is 13.8 Å². The molecule has 0 radical (unpaired) electrons. The highest BCUT2D eigenvalue weighted by molar-refractivity contribution is 5.85. The predicted molar refractivity (Wildman–Crippen MR) is 85.6 cm³/mol. The van der Waals surface area contributed by atoms with Crippen LogP contribution in [0.2, 0.25) is 0 Å². The van der Waals surface area contributed by atoms with E-state index < -0.39 is 11.0 Å². The summed E-state index contributed by atoms with van der Waals surface area (Å²) in [7, 11) is 0. The van der Waals surface area contributed by atoms with Crippen LogP contribution in [0.15, 0.2) is 0 Å². The van der Waals surface area contributed by atoms with Gasteiger partial charge in [-0.2, -0.15) is 0 Å². The zero-order chi connectivity index (χ0) is 16.5. The minimum atomic E-state index is -0.498. The Morgan fingerprint density at radius 3 is 2.32 bits per heavy atom. The molecule has 0 aromatic rings. The highest BCUT2D eigenvalue weighted by Gasteiger charge is 2.48. The van der Waals surface area contributed by atoms with Gasteiger partial charge < -0.3 is 14.5 Å². The molecule has 1 atom stereocenters. The van der Waals surface area contributed by atoms with E-state index in [1.165, 1.54) is 0 Å². The molecular formula is C17H30N2O3. The van der Waals surface area contributed by atoms with Crippen LogP contribution in [0.5, 0.6) is 0 Å². The third-order valence-electron chi connectivity index (χ3n) is 4.62. The third-order valence-corrected chi connectivity index (χ3v) is 4.62. The van der Waals surface area contributed by atoms with Crippen molar-refractivity contribution < 1.29 is 14.3 Å². The summed E-state index contributed by atoms with van der Waals surface area (Å²) in [6.45, 7) is 11.8. The quantitative estimate of drug-likeness (QED) is 0.748. The fourth-order valence-electron chi connectivity index (χ4n) is 3.59. The molecule has 2 rings (SSSR count). The number of nitrogens with zero attached hydrogens (tertiary/aromatic N) is 2. The first-order valence-corrected chi connectivity index (χ1v) is 8.44. The summed E-state index contributed by atoms with van der Waals surface area (Å²) >= 11 is 0. The Morgan fingerprint density at radius 2 is 1.77 bits per heavy atom. The van der Waals surface area contributed by atoms with Gasteiger partial charge in [-0.3, -0.25) is 4.79 Å². The second kappa shape index (κ2) is 6.09. The molecule has 0 saturated carbocycles. The molecule has 22 heavy (non-hydrogen) atoms. The summed E-state index contributed by atoms with van der Waals surface area (Å²) in [5, 5.41) is 0. The van der Waals surface area contributed by atoms with Gasteiger partial charge in [0.2, 0.25) is 5.91 Å². The Balaban J connectivity index is 2.12. The first kappa shape index (κ1) is 17.1. The Morgan fingerprint density at radius 1 is 1.18 bits per heavy atom. The second-order valence-electron chi connectivity index (χ2n) is 7.98. The van der Waals surface area contributed by atoms with E-state index >= 15 is 0 Å². The number of likely N-dealkylation sites (tertiary alicyclic amines) is 2. The maximum atomic E-state index is 12.9. The van der Waals surface area contributed by atoms with Gasteiger partial charge in [-0.1, -0.05) is 0 Å².